The number of hydrogen-bond donors (Lipinski definition) is 1. The SMILES string of the molecule is CCN(CC(=O)NCc1cccs1)C(=O)COC(=O)CCC(=O)N1CCC(c2ccccc2)=N1. The number of benzene rings is 1. The molecular formula is C24H28N4O5S. The number of amides is 3. The van der Waals surface area contributed by atoms with Crippen LogP contribution in [-0.2, 0) is 30.5 Å². The molecule has 0 saturated heterocycles. The van der Waals surface area contributed by atoms with Crippen LogP contribution >= 0.6 is 11.3 Å². The van der Waals surface area contributed by atoms with Crippen LogP contribution in [-0.4, -0.2) is 65.6 Å². The summed E-state index contributed by atoms with van der Waals surface area (Å²) in [5, 5.41) is 10.4. The Morgan fingerprint density at radius 1 is 1.12 bits per heavy atom. The van der Waals surface area contributed by atoms with Crippen molar-refractivity contribution in [2.45, 2.75) is 32.7 Å². The maximum absolute atomic E-state index is 12.4. The van der Waals surface area contributed by atoms with Gasteiger partial charge in [0, 0.05) is 24.3 Å². The number of hydrogen-bond acceptors (Lipinski definition) is 7. The molecule has 34 heavy (non-hydrogen) atoms. The third kappa shape index (κ3) is 7.51. The van der Waals surface area contributed by atoms with Gasteiger partial charge in [-0.2, -0.15) is 5.10 Å². The van der Waals surface area contributed by atoms with E-state index in [2.05, 4.69) is 10.4 Å². The number of esters is 1. The van der Waals surface area contributed by atoms with E-state index in [0.717, 1.165) is 16.2 Å². The second-order valence-electron chi connectivity index (χ2n) is 7.60. The molecule has 0 spiro atoms. The highest BCUT2D eigenvalue weighted by molar-refractivity contribution is 7.09. The molecule has 0 radical (unpaired) electrons. The van der Waals surface area contributed by atoms with Crippen molar-refractivity contribution in [3.63, 3.8) is 0 Å². The minimum Gasteiger partial charge on any atom is -0.456 e. The van der Waals surface area contributed by atoms with Crippen LogP contribution in [0.25, 0.3) is 0 Å². The van der Waals surface area contributed by atoms with Crippen molar-refractivity contribution >= 4 is 40.7 Å². The van der Waals surface area contributed by atoms with Crippen LogP contribution in [0.4, 0.5) is 0 Å². The molecule has 9 nitrogen and oxygen atoms in total. The Labute approximate surface area is 202 Å². The van der Waals surface area contributed by atoms with Gasteiger partial charge in [-0.05, 0) is 23.9 Å². The number of ether oxygens (including phenoxy) is 1. The molecule has 10 heteroatoms. The zero-order chi connectivity index (χ0) is 24.3. The molecule has 1 N–H and O–H groups in total. The van der Waals surface area contributed by atoms with E-state index in [1.54, 1.807) is 6.92 Å². The molecule has 0 aliphatic carbocycles. The molecule has 0 unspecified atom stereocenters. The zero-order valence-corrected chi connectivity index (χ0v) is 19.9. The first-order chi connectivity index (χ1) is 16.5. The highest BCUT2D eigenvalue weighted by Gasteiger charge is 2.23. The molecule has 0 atom stereocenters. The summed E-state index contributed by atoms with van der Waals surface area (Å²) in [7, 11) is 0. The van der Waals surface area contributed by atoms with Gasteiger partial charge in [-0.3, -0.25) is 19.2 Å². The normalized spacial score (nSPS) is 12.7. The van der Waals surface area contributed by atoms with Crippen LogP contribution in [0.2, 0.25) is 0 Å². The zero-order valence-electron chi connectivity index (χ0n) is 19.1. The van der Waals surface area contributed by atoms with E-state index in [1.807, 2.05) is 47.8 Å². The quantitative estimate of drug-likeness (QED) is 0.492. The van der Waals surface area contributed by atoms with Gasteiger partial charge in [0.05, 0.1) is 31.8 Å². The molecule has 2 heterocycles. The van der Waals surface area contributed by atoms with Crippen molar-refractivity contribution < 1.29 is 23.9 Å². The van der Waals surface area contributed by atoms with Crippen LogP contribution in [0, 0.1) is 0 Å². The molecule has 1 aliphatic heterocycles. The summed E-state index contributed by atoms with van der Waals surface area (Å²) in [5.41, 5.74) is 1.80. The maximum Gasteiger partial charge on any atom is 0.306 e. The van der Waals surface area contributed by atoms with Gasteiger partial charge in [-0.25, -0.2) is 5.01 Å². The van der Waals surface area contributed by atoms with Gasteiger partial charge in [-0.1, -0.05) is 36.4 Å². The molecule has 1 aliphatic rings. The molecule has 3 rings (SSSR count). The number of carbonyl (C=O) groups excluding carboxylic acids is 4. The van der Waals surface area contributed by atoms with Crippen molar-refractivity contribution in [1.82, 2.24) is 15.2 Å². The fraction of sp³-hybridized carbons (Fsp3) is 0.375. The highest BCUT2D eigenvalue weighted by Crippen LogP contribution is 2.15. The standard InChI is InChI=1S/C24H28N4O5S/c1-2-27(16-21(29)25-15-19-9-6-14-34-19)23(31)17-33-24(32)11-10-22(30)28-13-12-20(26-28)18-7-4-3-5-8-18/h3-9,14H,2,10-13,15-17H2,1H3,(H,25,29). The van der Waals surface area contributed by atoms with Crippen LogP contribution in [0.1, 0.15) is 36.6 Å². The Hall–Kier alpha value is -3.53. The number of rotatable bonds is 11. The van der Waals surface area contributed by atoms with E-state index in [4.69, 9.17) is 4.74 Å². The van der Waals surface area contributed by atoms with E-state index in [1.165, 1.54) is 21.2 Å². The number of hydrazone groups is 1. The average molecular weight is 485 g/mol. The summed E-state index contributed by atoms with van der Waals surface area (Å²) in [6.45, 7) is 2.32. The first kappa shape index (κ1) is 25.1. The monoisotopic (exact) mass is 484 g/mol. The van der Waals surface area contributed by atoms with Gasteiger partial charge in [0.1, 0.15) is 0 Å². The summed E-state index contributed by atoms with van der Waals surface area (Å²) in [5.74, 6) is -1.68. The lowest BCUT2D eigenvalue weighted by molar-refractivity contribution is -0.153. The van der Waals surface area contributed by atoms with Crippen molar-refractivity contribution in [2.75, 3.05) is 26.2 Å². The molecule has 3 amide bonds. The lowest BCUT2D eigenvalue weighted by Crippen LogP contribution is -2.42. The van der Waals surface area contributed by atoms with Crippen LogP contribution in [0.5, 0.6) is 0 Å². The fourth-order valence-corrected chi connectivity index (χ4v) is 3.96. The van der Waals surface area contributed by atoms with Gasteiger partial charge in [0.2, 0.25) is 11.8 Å². The summed E-state index contributed by atoms with van der Waals surface area (Å²) < 4.78 is 5.02. The highest BCUT2D eigenvalue weighted by atomic mass is 32.1. The second-order valence-corrected chi connectivity index (χ2v) is 8.64. The Kier molecular flexibility index (Phi) is 9.33. The molecular weight excluding hydrogens is 456 g/mol. The summed E-state index contributed by atoms with van der Waals surface area (Å²) in [4.78, 5) is 51.2. The summed E-state index contributed by atoms with van der Waals surface area (Å²) >= 11 is 1.53. The van der Waals surface area contributed by atoms with Crippen molar-refractivity contribution in [2.24, 2.45) is 5.10 Å². The van der Waals surface area contributed by atoms with E-state index in [-0.39, 0.29) is 31.2 Å². The second kappa shape index (κ2) is 12.6. The molecule has 180 valence electrons. The lowest BCUT2D eigenvalue weighted by atomic mass is 10.1. The maximum atomic E-state index is 12.4. The van der Waals surface area contributed by atoms with Crippen molar-refractivity contribution in [1.29, 1.82) is 0 Å². The first-order valence-electron chi connectivity index (χ1n) is 11.1. The summed E-state index contributed by atoms with van der Waals surface area (Å²) in [6.07, 6.45) is 0.454. The number of carbonyl (C=O) groups is 4. The fourth-order valence-electron chi connectivity index (χ4n) is 3.32. The Morgan fingerprint density at radius 3 is 2.62 bits per heavy atom. The molecule has 1 aromatic carbocycles. The van der Waals surface area contributed by atoms with Gasteiger partial charge in [0.15, 0.2) is 6.61 Å². The molecule has 0 fully saturated rings. The molecule has 0 bridgehead atoms. The predicted octanol–water partition coefficient (Wildman–Crippen LogP) is 2.17. The van der Waals surface area contributed by atoms with Crippen molar-refractivity contribution in [3.8, 4) is 0 Å². The number of likely N-dealkylation sites (N-methyl/N-ethyl adjacent to an activating group) is 1. The molecule has 1 aromatic heterocycles. The Bertz CT molecular complexity index is 1020. The smallest absolute Gasteiger partial charge is 0.306 e. The van der Waals surface area contributed by atoms with Crippen LogP contribution in [0.3, 0.4) is 0 Å². The van der Waals surface area contributed by atoms with Gasteiger partial charge >= 0.3 is 5.97 Å². The van der Waals surface area contributed by atoms with Gasteiger partial charge in [0.25, 0.3) is 5.91 Å². The number of nitrogens with one attached hydrogen (secondary N) is 1. The van der Waals surface area contributed by atoms with Crippen LogP contribution in [0.15, 0.2) is 52.9 Å². The van der Waals surface area contributed by atoms with E-state index < -0.39 is 18.5 Å². The first-order valence-corrected chi connectivity index (χ1v) is 12.0. The largest absolute Gasteiger partial charge is 0.456 e. The Balaban J connectivity index is 1.36. The van der Waals surface area contributed by atoms with Gasteiger partial charge in [-0.15, -0.1) is 11.3 Å². The number of nitrogens with zero attached hydrogens (tertiary/aromatic N) is 3. The van der Waals surface area contributed by atoms with Gasteiger partial charge < -0.3 is 15.0 Å². The third-order valence-corrected chi connectivity index (χ3v) is 6.08. The van der Waals surface area contributed by atoms with E-state index >= 15 is 0 Å². The number of thiophene rings is 1. The third-order valence-electron chi connectivity index (χ3n) is 5.21. The topological polar surface area (TPSA) is 108 Å². The predicted molar refractivity (Wildman–Crippen MR) is 128 cm³/mol. The van der Waals surface area contributed by atoms with E-state index in [0.29, 0.717) is 26.1 Å². The summed E-state index contributed by atoms with van der Waals surface area (Å²) in [6, 6.07) is 13.4. The molecule has 2 aromatic rings. The Morgan fingerprint density at radius 2 is 1.91 bits per heavy atom. The lowest BCUT2D eigenvalue weighted by Gasteiger charge is -2.20. The molecule has 0 saturated carbocycles. The average Bonchev–Trinajstić information content (AvgIpc) is 3.56. The van der Waals surface area contributed by atoms with Crippen molar-refractivity contribution in [3.05, 3.63) is 58.3 Å². The van der Waals surface area contributed by atoms with E-state index in [9.17, 15) is 19.2 Å². The minimum atomic E-state index is -0.647. The minimum absolute atomic E-state index is 0.0544. The van der Waals surface area contributed by atoms with Crippen LogP contribution < -0.4 is 5.32 Å².